The lowest BCUT2D eigenvalue weighted by Gasteiger charge is -2.11. The third-order valence-electron chi connectivity index (χ3n) is 3.18. The van der Waals surface area contributed by atoms with E-state index in [1.807, 2.05) is 0 Å². The van der Waals surface area contributed by atoms with Crippen molar-refractivity contribution in [1.82, 2.24) is 10.6 Å². The summed E-state index contributed by atoms with van der Waals surface area (Å²) in [7, 11) is 0. The summed E-state index contributed by atoms with van der Waals surface area (Å²) in [5, 5.41) is 5.82. The second-order valence-corrected chi connectivity index (χ2v) is 5.39. The number of nitrogens with one attached hydrogen (secondary N) is 2. The lowest BCUT2D eigenvalue weighted by atomic mass is 10.2. The van der Waals surface area contributed by atoms with Crippen LogP contribution in [0.25, 0.3) is 0 Å². The highest BCUT2D eigenvalue weighted by Gasteiger charge is 2.16. The first kappa shape index (κ1) is 16.6. The number of rotatable bonds is 7. The Bertz CT molecular complexity index is 501. The van der Waals surface area contributed by atoms with E-state index in [4.69, 9.17) is 21.1 Å². The molecular formula is C15H19ClN2O4. The monoisotopic (exact) mass is 326 g/mol. The Balaban J connectivity index is 1.58. The minimum absolute atomic E-state index is 0.0739. The van der Waals surface area contributed by atoms with E-state index in [0.29, 0.717) is 17.3 Å². The quantitative estimate of drug-likeness (QED) is 0.787. The lowest BCUT2D eigenvalue weighted by molar-refractivity contribution is -0.127. The van der Waals surface area contributed by atoms with Gasteiger partial charge in [0.15, 0.2) is 6.61 Å². The molecule has 1 unspecified atom stereocenters. The minimum Gasteiger partial charge on any atom is -0.484 e. The molecule has 6 nitrogen and oxygen atoms in total. The van der Waals surface area contributed by atoms with Gasteiger partial charge in [-0.15, -0.1) is 0 Å². The van der Waals surface area contributed by atoms with Gasteiger partial charge < -0.3 is 20.1 Å². The number of carbonyl (C=O) groups is 2. The summed E-state index contributed by atoms with van der Waals surface area (Å²) in [6.07, 6.45) is 2.08. The molecule has 1 heterocycles. The molecular weight excluding hydrogens is 308 g/mol. The summed E-state index contributed by atoms with van der Waals surface area (Å²) in [4.78, 5) is 23.2. The molecule has 1 aromatic carbocycles. The first-order chi connectivity index (χ1) is 10.6. The molecule has 1 saturated heterocycles. The Morgan fingerprint density at radius 1 is 1.23 bits per heavy atom. The maximum Gasteiger partial charge on any atom is 0.258 e. The number of ether oxygens (including phenoxy) is 2. The standard InChI is InChI=1S/C15H19ClN2O4/c16-11-3-5-12(6-4-11)22-10-15(20)18-9-14(19)17-8-13-2-1-7-21-13/h3-6,13H,1-2,7-10H2,(H,17,19)(H,18,20). The second kappa shape index (κ2) is 8.60. The van der Waals surface area contributed by atoms with Crippen LogP contribution in [0.4, 0.5) is 0 Å². The highest BCUT2D eigenvalue weighted by molar-refractivity contribution is 6.30. The molecule has 2 N–H and O–H groups in total. The maximum atomic E-state index is 11.6. The zero-order valence-corrected chi connectivity index (χ0v) is 12.9. The molecule has 0 bridgehead atoms. The van der Waals surface area contributed by atoms with Crippen molar-refractivity contribution >= 4 is 23.4 Å². The van der Waals surface area contributed by atoms with Crippen LogP contribution in [0.5, 0.6) is 5.75 Å². The Kier molecular flexibility index (Phi) is 6.48. The first-order valence-electron chi connectivity index (χ1n) is 7.17. The summed E-state index contributed by atoms with van der Waals surface area (Å²) in [6, 6.07) is 6.69. The fourth-order valence-corrected chi connectivity index (χ4v) is 2.13. The second-order valence-electron chi connectivity index (χ2n) is 4.96. The molecule has 2 amide bonds. The van der Waals surface area contributed by atoms with E-state index in [2.05, 4.69) is 10.6 Å². The predicted octanol–water partition coefficient (Wildman–Crippen LogP) is 1.13. The molecule has 7 heteroatoms. The van der Waals surface area contributed by atoms with Crippen LogP contribution in [0, 0.1) is 0 Å². The molecule has 0 radical (unpaired) electrons. The predicted molar refractivity (Wildman–Crippen MR) is 81.9 cm³/mol. The minimum atomic E-state index is -0.359. The molecule has 120 valence electrons. The molecule has 0 aliphatic carbocycles. The van der Waals surface area contributed by atoms with E-state index in [-0.39, 0.29) is 31.1 Å². The van der Waals surface area contributed by atoms with Gasteiger partial charge >= 0.3 is 0 Å². The van der Waals surface area contributed by atoms with Crippen molar-refractivity contribution in [1.29, 1.82) is 0 Å². The number of hydrogen-bond acceptors (Lipinski definition) is 4. The highest BCUT2D eigenvalue weighted by Crippen LogP contribution is 2.15. The normalized spacial score (nSPS) is 17.0. The number of hydrogen-bond donors (Lipinski definition) is 2. The summed E-state index contributed by atoms with van der Waals surface area (Å²) in [5.74, 6) is -0.0556. The van der Waals surface area contributed by atoms with Crippen LogP contribution in [0.15, 0.2) is 24.3 Å². The van der Waals surface area contributed by atoms with Gasteiger partial charge in [0.1, 0.15) is 5.75 Å². The Morgan fingerprint density at radius 3 is 2.68 bits per heavy atom. The zero-order valence-electron chi connectivity index (χ0n) is 12.1. The molecule has 0 aromatic heterocycles. The number of amides is 2. The molecule has 1 aliphatic heterocycles. The number of benzene rings is 1. The van der Waals surface area contributed by atoms with Crippen LogP contribution < -0.4 is 15.4 Å². The van der Waals surface area contributed by atoms with Crippen molar-refractivity contribution in [2.75, 3.05) is 26.3 Å². The number of carbonyl (C=O) groups excluding carboxylic acids is 2. The van der Waals surface area contributed by atoms with Crippen molar-refractivity contribution in [2.45, 2.75) is 18.9 Å². The summed E-state index contributed by atoms with van der Waals surface area (Å²) < 4.78 is 10.7. The van der Waals surface area contributed by atoms with Crippen molar-refractivity contribution < 1.29 is 19.1 Å². The van der Waals surface area contributed by atoms with Crippen molar-refractivity contribution in [3.05, 3.63) is 29.3 Å². The van der Waals surface area contributed by atoms with E-state index in [1.54, 1.807) is 24.3 Å². The van der Waals surface area contributed by atoms with Crippen molar-refractivity contribution in [3.8, 4) is 5.75 Å². The smallest absolute Gasteiger partial charge is 0.258 e. The van der Waals surface area contributed by atoms with Gasteiger partial charge in [-0.05, 0) is 37.1 Å². The molecule has 2 rings (SSSR count). The van der Waals surface area contributed by atoms with Gasteiger partial charge in [0, 0.05) is 18.2 Å². The van der Waals surface area contributed by atoms with Gasteiger partial charge in [-0.25, -0.2) is 0 Å². The van der Waals surface area contributed by atoms with Crippen LogP contribution in [0.2, 0.25) is 5.02 Å². The highest BCUT2D eigenvalue weighted by atomic mass is 35.5. The van der Waals surface area contributed by atoms with Gasteiger partial charge in [0.05, 0.1) is 12.6 Å². The SMILES string of the molecule is O=C(CNC(=O)COc1ccc(Cl)cc1)NCC1CCCO1. The van der Waals surface area contributed by atoms with E-state index < -0.39 is 0 Å². The average Bonchev–Trinajstić information content (AvgIpc) is 3.04. The Hall–Kier alpha value is -1.79. The van der Waals surface area contributed by atoms with Crippen LogP contribution >= 0.6 is 11.6 Å². The molecule has 1 atom stereocenters. The first-order valence-corrected chi connectivity index (χ1v) is 7.54. The van der Waals surface area contributed by atoms with Crippen LogP contribution in [-0.2, 0) is 14.3 Å². The van der Waals surface area contributed by atoms with E-state index in [9.17, 15) is 9.59 Å². The molecule has 22 heavy (non-hydrogen) atoms. The van der Waals surface area contributed by atoms with Crippen LogP contribution in [-0.4, -0.2) is 44.2 Å². The number of halogens is 1. The van der Waals surface area contributed by atoms with Gasteiger partial charge in [0.25, 0.3) is 5.91 Å². The largest absolute Gasteiger partial charge is 0.484 e. The summed E-state index contributed by atoms with van der Waals surface area (Å²) in [5.41, 5.74) is 0. The third kappa shape index (κ3) is 5.91. The Labute approximate surface area is 134 Å². The van der Waals surface area contributed by atoms with E-state index >= 15 is 0 Å². The van der Waals surface area contributed by atoms with Crippen molar-refractivity contribution in [3.63, 3.8) is 0 Å². The summed E-state index contributed by atoms with van der Waals surface area (Å²) >= 11 is 5.75. The molecule has 1 fully saturated rings. The fraction of sp³-hybridized carbons (Fsp3) is 0.467. The molecule has 1 aliphatic rings. The van der Waals surface area contributed by atoms with Crippen molar-refractivity contribution in [2.24, 2.45) is 0 Å². The zero-order chi connectivity index (χ0) is 15.8. The molecule has 0 spiro atoms. The fourth-order valence-electron chi connectivity index (χ4n) is 2.01. The Morgan fingerprint density at radius 2 is 2.00 bits per heavy atom. The lowest BCUT2D eigenvalue weighted by Crippen LogP contribution is -2.41. The van der Waals surface area contributed by atoms with Gasteiger partial charge in [-0.2, -0.15) is 0 Å². The average molecular weight is 327 g/mol. The van der Waals surface area contributed by atoms with E-state index in [0.717, 1.165) is 19.4 Å². The van der Waals surface area contributed by atoms with Gasteiger partial charge in [-0.1, -0.05) is 11.6 Å². The van der Waals surface area contributed by atoms with E-state index in [1.165, 1.54) is 0 Å². The third-order valence-corrected chi connectivity index (χ3v) is 3.43. The maximum absolute atomic E-state index is 11.6. The van der Waals surface area contributed by atoms with Crippen LogP contribution in [0.1, 0.15) is 12.8 Å². The van der Waals surface area contributed by atoms with Crippen LogP contribution in [0.3, 0.4) is 0 Å². The van der Waals surface area contributed by atoms with Gasteiger partial charge in [0.2, 0.25) is 5.91 Å². The molecule has 1 aromatic rings. The summed E-state index contributed by atoms with van der Waals surface area (Å²) in [6.45, 7) is 1.01. The topological polar surface area (TPSA) is 76.7 Å². The van der Waals surface area contributed by atoms with Gasteiger partial charge in [-0.3, -0.25) is 9.59 Å². The molecule has 0 saturated carbocycles.